The second-order valence-electron chi connectivity index (χ2n) is 3.48. The number of hydrogen-bond acceptors (Lipinski definition) is 2. The molecule has 0 amide bonds. The zero-order valence-corrected chi connectivity index (χ0v) is 10.2. The average Bonchev–Trinajstić information content (AvgIpc) is 2.28. The van der Waals surface area contributed by atoms with Crippen LogP contribution in [0.4, 0.5) is 0 Å². The molecule has 0 aromatic heterocycles. The van der Waals surface area contributed by atoms with Crippen LogP contribution in [0.2, 0.25) is 5.02 Å². The van der Waals surface area contributed by atoms with Crippen LogP contribution < -0.4 is 0 Å². The Morgan fingerprint density at radius 3 is 2.35 bits per heavy atom. The fourth-order valence-electron chi connectivity index (χ4n) is 1.59. The molecule has 0 aliphatic carbocycles. The SMILES string of the molecule is O=S(=O)(O)c1ccccc1-c1cccc(Cl)c1. The Hall–Kier alpha value is -1.36. The van der Waals surface area contributed by atoms with E-state index < -0.39 is 10.1 Å². The van der Waals surface area contributed by atoms with Crippen molar-refractivity contribution >= 4 is 21.7 Å². The first-order valence-corrected chi connectivity index (χ1v) is 6.63. The van der Waals surface area contributed by atoms with E-state index in [1.807, 2.05) is 0 Å². The fourth-order valence-corrected chi connectivity index (χ4v) is 2.49. The third-order valence-electron chi connectivity index (χ3n) is 2.30. The summed E-state index contributed by atoms with van der Waals surface area (Å²) in [6.45, 7) is 0. The van der Waals surface area contributed by atoms with Crippen molar-refractivity contribution in [2.75, 3.05) is 0 Å². The second kappa shape index (κ2) is 4.49. The summed E-state index contributed by atoms with van der Waals surface area (Å²) >= 11 is 5.85. The van der Waals surface area contributed by atoms with Crippen LogP contribution in [-0.4, -0.2) is 13.0 Å². The molecule has 0 atom stereocenters. The van der Waals surface area contributed by atoms with Crippen LogP contribution in [-0.2, 0) is 10.1 Å². The van der Waals surface area contributed by atoms with Crippen LogP contribution in [0.15, 0.2) is 53.4 Å². The van der Waals surface area contributed by atoms with Crippen LogP contribution in [0.25, 0.3) is 11.1 Å². The normalized spacial score (nSPS) is 11.4. The van der Waals surface area contributed by atoms with E-state index in [9.17, 15) is 8.42 Å². The van der Waals surface area contributed by atoms with Crippen molar-refractivity contribution in [1.29, 1.82) is 0 Å². The summed E-state index contributed by atoms with van der Waals surface area (Å²) in [5.41, 5.74) is 1.07. The van der Waals surface area contributed by atoms with E-state index >= 15 is 0 Å². The van der Waals surface area contributed by atoms with Gasteiger partial charge in [-0.25, -0.2) is 0 Å². The van der Waals surface area contributed by atoms with Gasteiger partial charge in [0.15, 0.2) is 0 Å². The van der Waals surface area contributed by atoms with E-state index in [1.165, 1.54) is 6.07 Å². The summed E-state index contributed by atoms with van der Waals surface area (Å²) in [6.07, 6.45) is 0. The molecule has 0 radical (unpaired) electrons. The maximum atomic E-state index is 11.2. The molecule has 0 fully saturated rings. The molecule has 0 aliphatic heterocycles. The van der Waals surface area contributed by atoms with E-state index in [0.717, 1.165) is 0 Å². The zero-order valence-electron chi connectivity index (χ0n) is 8.67. The van der Waals surface area contributed by atoms with E-state index in [-0.39, 0.29) is 4.90 Å². The third-order valence-corrected chi connectivity index (χ3v) is 3.45. The van der Waals surface area contributed by atoms with Gasteiger partial charge in [-0.15, -0.1) is 0 Å². The van der Waals surface area contributed by atoms with Crippen molar-refractivity contribution in [2.45, 2.75) is 4.90 Å². The van der Waals surface area contributed by atoms with E-state index in [0.29, 0.717) is 16.1 Å². The van der Waals surface area contributed by atoms with Crippen LogP contribution in [0.1, 0.15) is 0 Å². The maximum Gasteiger partial charge on any atom is 0.295 e. The van der Waals surface area contributed by atoms with Gasteiger partial charge < -0.3 is 0 Å². The summed E-state index contributed by atoms with van der Waals surface area (Å²) in [5, 5.41) is 0.507. The lowest BCUT2D eigenvalue weighted by Crippen LogP contribution is -2.00. The first-order valence-electron chi connectivity index (χ1n) is 4.81. The number of halogens is 1. The van der Waals surface area contributed by atoms with Crippen molar-refractivity contribution < 1.29 is 13.0 Å². The molecule has 0 bridgehead atoms. The van der Waals surface area contributed by atoms with E-state index in [1.54, 1.807) is 42.5 Å². The van der Waals surface area contributed by atoms with Crippen LogP contribution >= 0.6 is 11.6 Å². The smallest absolute Gasteiger partial charge is 0.282 e. The monoisotopic (exact) mass is 268 g/mol. The zero-order chi connectivity index (χ0) is 12.5. The van der Waals surface area contributed by atoms with Gasteiger partial charge in [0.25, 0.3) is 10.1 Å². The third kappa shape index (κ3) is 2.66. The van der Waals surface area contributed by atoms with Crippen molar-refractivity contribution in [3.05, 3.63) is 53.6 Å². The van der Waals surface area contributed by atoms with Gasteiger partial charge in [-0.2, -0.15) is 8.42 Å². The molecule has 2 aromatic carbocycles. The Morgan fingerprint density at radius 1 is 1.00 bits per heavy atom. The Morgan fingerprint density at radius 2 is 1.71 bits per heavy atom. The summed E-state index contributed by atoms with van der Waals surface area (Å²) in [4.78, 5) is -0.123. The minimum absolute atomic E-state index is 0.123. The summed E-state index contributed by atoms with van der Waals surface area (Å²) in [7, 11) is -4.24. The molecule has 0 aliphatic rings. The van der Waals surface area contributed by atoms with Gasteiger partial charge in [0.2, 0.25) is 0 Å². The van der Waals surface area contributed by atoms with Gasteiger partial charge in [0.05, 0.1) is 0 Å². The standard InChI is InChI=1S/C12H9ClO3S/c13-10-5-3-4-9(8-10)11-6-1-2-7-12(11)17(14,15)16/h1-8H,(H,14,15,16). The van der Waals surface area contributed by atoms with Gasteiger partial charge in [-0.3, -0.25) is 4.55 Å². The molecule has 0 unspecified atom stereocenters. The molecule has 0 saturated heterocycles. The average molecular weight is 269 g/mol. The minimum Gasteiger partial charge on any atom is -0.282 e. The fraction of sp³-hybridized carbons (Fsp3) is 0. The molecule has 88 valence electrons. The molecule has 0 saturated carbocycles. The predicted octanol–water partition coefficient (Wildman–Crippen LogP) is 3.25. The Labute approximate surface area is 104 Å². The molecule has 3 nitrogen and oxygen atoms in total. The second-order valence-corrected chi connectivity index (χ2v) is 5.31. The largest absolute Gasteiger partial charge is 0.295 e. The topological polar surface area (TPSA) is 54.4 Å². The van der Waals surface area contributed by atoms with Crippen LogP contribution in [0.3, 0.4) is 0 Å². The lowest BCUT2D eigenvalue weighted by Gasteiger charge is -2.07. The minimum atomic E-state index is -4.24. The molecule has 2 rings (SSSR count). The molecule has 1 N–H and O–H groups in total. The van der Waals surface area contributed by atoms with Gasteiger partial charge in [-0.1, -0.05) is 41.9 Å². The highest BCUT2D eigenvalue weighted by atomic mass is 35.5. The molecule has 0 spiro atoms. The highest BCUT2D eigenvalue weighted by Gasteiger charge is 2.15. The molecule has 17 heavy (non-hydrogen) atoms. The summed E-state index contributed by atoms with van der Waals surface area (Å²) in [5.74, 6) is 0. The molecule has 5 heteroatoms. The van der Waals surface area contributed by atoms with Gasteiger partial charge in [0.1, 0.15) is 4.90 Å². The number of hydrogen-bond donors (Lipinski definition) is 1. The Balaban J connectivity index is 2.69. The highest BCUT2D eigenvalue weighted by Crippen LogP contribution is 2.28. The van der Waals surface area contributed by atoms with Crippen LogP contribution in [0, 0.1) is 0 Å². The lowest BCUT2D eigenvalue weighted by molar-refractivity contribution is 0.483. The van der Waals surface area contributed by atoms with Gasteiger partial charge in [0, 0.05) is 10.6 Å². The Kier molecular flexibility index (Phi) is 3.19. The molecule has 2 aromatic rings. The van der Waals surface area contributed by atoms with Crippen LogP contribution in [0.5, 0.6) is 0 Å². The first kappa shape index (κ1) is 12.1. The first-order chi connectivity index (χ1) is 7.98. The molecule has 0 heterocycles. The summed E-state index contributed by atoms with van der Waals surface area (Å²) in [6, 6.07) is 13.0. The number of rotatable bonds is 2. The predicted molar refractivity (Wildman–Crippen MR) is 66.7 cm³/mol. The lowest BCUT2D eigenvalue weighted by atomic mass is 10.1. The van der Waals surface area contributed by atoms with Crippen molar-refractivity contribution in [1.82, 2.24) is 0 Å². The van der Waals surface area contributed by atoms with E-state index in [2.05, 4.69) is 0 Å². The maximum absolute atomic E-state index is 11.2. The number of benzene rings is 2. The van der Waals surface area contributed by atoms with Gasteiger partial charge in [-0.05, 0) is 23.8 Å². The molecular weight excluding hydrogens is 260 g/mol. The van der Waals surface area contributed by atoms with Gasteiger partial charge >= 0.3 is 0 Å². The Bertz CT molecular complexity index is 650. The quantitative estimate of drug-likeness (QED) is 0.851. The molecular formula is C12H9ClO3S. The van der Waals surface area contributed by atoms with Crippen molar-refractivity contribution in [3.63, 3.8) is 0 Å². The summed E-state index contributed by atoms with van der Waals surface area (Å²) < 4.78 is 31.6. The highest BCUT2D eigenvalue weighted by molar-refractivity contribution is 7.86. The van der Waals surface area contributed by atoms with Crippen molar-refractivity contribution in [3.8, 4) is 11.1 Å². The van der Waals surface area contributed by atoms with E-state index in [4.69, 9.17) is 16.2 Å². The van der Waals surface area contributed by atoms with Crippen molar-refractivity contribution in [2.24, 2.45) is 0 Å².